The van der Waals surface area contributed by atoms with Crippen molar-refractivity contribution in [3.8, 4) is 16.9 Å². The van der Waals surface area contributed by atoms with Gasteiger partial charge < -0.3 is 20.1 Å². The predicted molar refractivity (Wildman–Crippen MR) is 139 cm³/mol. The summed E-state index contributed by atoms with van der Waals surface area (Å²) in [7, 11) is 1.61. The first-order valence-corrected chi connectivity index (χ1v) is 11.8. The van der Waals surface area contributed by atoms with E-state index < -0.39 is 0 Å². The topological polar surface area (TPSA) is 75.3 Å². The molecule has 1 aromatic heterocycles. The van der Waals surface area contributed by atoms with Crippen molar-refractivity contribution in [3.63, 3.8) is 0 Å². The summed E-state index contributed by atoms with van der Waals surface area (Å²) in [6.45, 7) is 1.04. The van der Waals surface area contributed by atoms with Gasteiger partial charge in [0, 0.05) is 42.4 Å². The first-order chi connectivity index (χ1) is 17.1. The Bertz CT molecular complexity index is 1290. The zero-order valence-electron chi connectivity index (χ0n) is 19.1. The van der Waals surface area contributed by atoms with E-state index >= 15 is 0 Å². The third-order valence-electron chi connectivity index (χ3n) is 5.15. The van der Waals surface area contributed by atoms with Gasteiger partial charge in [0.1, 0.15) is 11.6 Å². The summed E-state index contributed by atoms with van der Waals surface area (Å²) >= 11 is 1.39. The van der Waals surface area contributed by atoms with Gasteiger partial charge in [-0.3, -0.25) is 9.78 Å². The molecule has 3 N–H and O–H groups in total. The maximum absolute atomic E-state index is 14.3. The summed E-state index contributed by atoms with van der Waals surface area (Å²) in [5.74, 6) is 0.275. The Hall–Kier alpha value is -4.04. The maximum atomic E-state index is 14.3. The number of hydrogen-bond acceptors (Lipinski definition) is 6. The molecule has 0 aliphatic heterocycles. The Morgan fingerprint density at radius 3 is 2.63 bits per heavy atom. The van der Waals surface area contributed by atoms with Crippen molar-refractivity contribution in [3.05, 3.63) is 103 Å². The molecule has 178 valence electrons. The number of aromatic nitrogens is 1. The fraction of sp³-hybridized carbons (Fsp3) is 0.111. The highest BCUT2D eigenvalue weighted by molar-refractivity contribution is 8.00. The quantitative estimate of drug-likeness (QED) is 0.192. The van der Waals surface area contributed by atoms with Crippen LogP contribution in [0.3, 0.4) is 0 Å². The van der Waals surface area contributed by atoms with Crippen molar-refractivity contribution < 1.29 is 13.9 Å². The second-order valence-electron chi connectivity index (χ2n) is 7.55. The molecule has 4 rings (SSSR count). The van der Waals surface area contributed by atoms with Crippen molar-refractivity contribution in [2.45, 2.75) is 4.90 Å². The number of carbonyl (C=O) groups is 1. The van der Waals surface area contributed by atoms with Crippen LogP contribution in [0.5, 0.6) is 5.75 Å². The molecule has 0 atom stereocenters. The van der Waals surface area contributed by atoms with Crippen molar-refractivity contribution in [2.75, 3.05) is 30.2 Å². The Labute approximate surface area is 208 Å². The number of methoxy groups -OCH3 is 1. The van der Waals surface area contributed by atoms with Crippen LogP contribution in [0.2, 0.25) is 0 Å². The molecule has 0 fully saturated rings. The summed E-state index contributed by atoms with van der Waals surface area (Å²) in [4.78, 5) is 16.9. The monoisotopic (exact) mass is 488 g/mol. The molecule has 0 bridgehead atoms. The maximum Gasteiger partial charge on any atom is 0.252 e. The average molecular weight is 489 g/mol. The van der Waals surface area contributed by atoms with Crippen molar-refractivity contribution >= 4 is 29.2 Å². The molecule has 35 heavy (non-hydrogen) atoms. The lowest BCUT2D eigenvalue weighted by atomic mass is 10.1. The number of nitrogens with one attached hydrogen (secondary N) is 3. The standard InChI is InChI=1S/C27H25FN4O2S/c1-34-25-12-11-19(23-9-2-3-10-24(23)28)16-26(25)35-32-22-8-4-7-21(17-22)30-14-15-31-27(33)20-6-5-13-29-18-20/h2-13,16-18,30,32H,14-15H2,1H3,(H,31,33). The number of anilines is 2. The van der Waals surface area contributed by atoms with E-state index in [1.54, 1.807) is 37.6 Å². The molecule has 1 amide bonds. The van der Waals surface area contributed by atoms with Gasteiger partial charge in [0.15, 0.2) is 0 Å². The number of pyridine rings is 1. The minimum atomic E-state index is -0.267. The van der Waals surface area contributed by atoms with Gasteiger partial charge in [-0.15, -0.1) is 0 Å². The highest BCUT2D eigenvalue weighted by atomic mass is 32.2. The molecule has 8 heteroatoms. The van der Waals surface area contributed by atoms with E-state index in [2.05, 4.69) is 20.3 Å². The lowest BCUT2D eigenvalue weighted by molar-refractivity contribution is 0.0955. The molecule has 0 aliphatic carbocycles. The van der Waals surface area contributed by atoms with Gasteiger partial charge in [-0.05, 0) is 66.0 Å². The van der Waals surface area contributed by atoms with E-state index in [1.165, 1.54) is 24.2 Å². The number of rotatable bonds is 10. The van der Waals surface area contributed by atoms with Gasteiger partial charge in [-0.1, -0.05) is 30.3 Å². The number of nitrogens with zero attached hydrogens (tertiary/aromatic N) is 1. The number of amides is 1. The van der Waals surface area contributed by atoms with E-state index in [0.717, 1.165) is 21.8 Å². The molecule has 0 radical (unpaired) electrons. The van der Waals surface area contributed by atoms with Gasteiger partial charge in [0.05, 0.1) is 17.6 Å². The Morgan fingerprint density at radius 2 is 1.83 bits per heavy atom. The van der Waals surface area contributed by atoms with Crippen LogP contribution in [0.25, 0.3) is 11.1 Å². The van der Waals surface area contributed by atoms with Gasteiger partial charge in [-0.2, -0.15) is 0 Å². The largest absolute Gasteiger partial charge is 0.496 e. The smallest absolute Gasteiger partial charge is 0.252 e. The Balaban J connectivity index is 1.34. The third kappa shape index (κ3) is 6.51. The minimum absolute atomic E-state index is 0.154. The van der Waals surface area contributed by atoms with Crippen LogP contribution in [0.1, 0.15) is 10.4 Å². The summed E-state index contributed by atoms with van der Waals surface area (Å²) < 4.78 is 23.1. The summed E-state index contributed by atoms with van der Waals surface area (Å²) in [5.41, 5.74) is 3.65. The molecular weight excluding hydrogens is 463 g/mol. The highest BCUT2D eigenvalue weighted by Crippen LogP contribution is 2.35. The van der Waals surface area contributed by atoms with Crippen LogP contribution < -0.4 is 20.1 Å². The molecular formula is C27H25FN4O2S. The number of benzene rings is 3. The van der Waals surface area contributed by atoms with Crippen molar-refractivity contribution in [1.82, 2.24) is 10.3 Å². The van der Waals surface area contributed by atoms with Crippen LogP contribution in [0.4, 0.5) is 15.8 Å². The van der Waals surface area contributed by atoms with Crippen LogP contribution >= 0.6 is 11.9 Å². The molecule has 0 aliphatic rings. The number of halogens is 1. The van der Waals surface area contributed by atoms with E-state index in [4.69, 9.17) is 4.74 Å². The second kappa shape index (κ2) is 11.9. The average Bonchev–Trinajstić information content (AvgIpc) is 2.90. The molecule has 6 nitrogen and oxygen atoms in total. The molecule has 1 heterocycles. The Morgan fingerprint density at radius 1 is 0.971 bits per heavy atom. The fourth-order valence-electron chi connectivity index (χ4n) is 3.41. The van der Waals surface area contributed by atoms with Gasteiger partial charge in [0.2, 0.25) is 0 Å². The van der Waals surface area contributed by atoms with Crippen molar-refractivity contribution in [1.29, 1.82) is 0 Å². The number of hydrogen-bond donors (Lipinski definition) is 3. The minimum Gasteiger partial charge on any atom is -0.496 e. The fourth-order valence-corrected chi connectivity index (χ4v) is 4.20. The molecule has 0 unspecified atom stereocenters. The molecule has 4 aromatic rings. The van der Waals surface area contributed by atoms with E-state index in [1.807, 2.05) is 48.5 Å². The van der Waals surface area contributed by atoms with E-state index in [9.17, 15) is 9.18 Å². The first-order valence-electron chi connectivity index (χ1n) is 11.0. The lowest BCUT2D eigenvalue weighted by Crippen LogP contribution is -2.28. The molecule has 0 spiro atoms. The van der Waals surface area contributed by atoms with E-state index in [0.29, 0.717) is 30.0 Å². The summed E-state index contributed by atoms with van der Waals surface area (Å²) in [6, 6.07) is 23.6. The molecule has 0 saturated carbocycles. The predicted octanol–water partition coefficient (Wildman–Crippen LogP) is 5.86. The number of carbonyl (C=O) groups excluding carboxylic acids is 1. The SMILES string of the molecule is COc1ccc(-c2ccccc2F)cc1SNc1cccc(NCCNC(=O)c2cccnc2)c1. The second-order valence-corrected chi connectivity index (χ2v) is 8.40. The first kappa shape index (κ1) is 24.1. The lowest BCUT2D eigenvalue weighted by Gasteiger charge is -2.13. The van der Waals surface area contributed by atoms with E-state index in [-0.39, 0.29) is 11.7 Å². The molecule has 3 aromatic carbocycles. The van der Waals surface area contributed by atoms with Crippen molar-refractivity contribution in [2.24, 2.45) is 0 Å². The summed E-state index contributed by atoms with van der Waals surface area (Å²) in [5, 5.41) is 6.17. The van der Waals surface area contributed by atoms with Gasteiger partial charge in [-0.25, -0.2) is 4.39 Å². The Kier molecular flexibility index (Phi) is 8.19. The zero-order chi connectivity index (χ0) is 24.5. The molecule has 0 saturated heterocycles. The van der Waals surface area contributed by atoms with Crippen LogP contribution in [-0.2, 0) is 0 Å². The van der Waals surface area contributed by atoms with Gasteiger partial charge >= 0.3 is 0 Å². The van der Waals surface area contributed by atoms with Gasteiger partial charge in [0.25, 0.3) is 5.91 Å². The van der Waals surface area contributed by atoms with Crippen LogP contribution in [0.15, 0.2) is 96.2 Å². The third-order valence-corrected chi connectivity index (χ3v) is 6.03. The van der Waals surface area contributed by atoms with Crippen LogP contribution in [-0.4, -0.2) is 31.1 Å². The normalized spacial score (nSPS) is 10.5. The summed E-state index contributed by atoms with van der Waals surface area (Å²) in [6.07, 6.45) is 3.17. The zero-order valence-corrected chi connectivity index (χ0v) is 19.9. The highest BCUT2D eigenvalue weighted by Gasteiger charge is 2.10. The number of ether oxygens (including phenoxy) is 1. The van der Waals surface area contributed by atoms with Crippen LogP contribution in [0, 0.1) is 5.82 Å².